The molecule has 0 amide bonds. The summed E-state index contributed by atoms with van der Waals surface area (Å²) >= 11 is 0. The highest BCUT2D eigenvalue weighted by molar-refractivity contribution is 5.78. The third-order valence-electron chi connectivity index (χ3n) is 3.35. The Morgan fingerprint density at radius 3 is 1.65 bits per heavy atom. The molecule has 3 nitrogen and oxygen atoms in total. The van der Waals surface area contributed by atoms with Crippen LogP contribution in [0.5, 0.6) is 0 Å². The van der Waals surface area contributed by atoms with Gasteiger partial charge in [0.15, 0.2) is 0 Å². The first-order chi connectivity index (χ1) is 9.63. The summed E-state index contributed by atoms with van der Waals surface area (Å²) in [5.41, 5.74) is 0. The maximum atomic E-state index is 11.8. The van der Waals surface area contributed by atoms with Crippen LogP contribution in [0, 0.1) is 13.8 Å². The SMILES string of the molecule is Cc1ccc(CCCC(=O)CCCc2ccc(C)o2)o1. The lowest BCUT2D eigenvalue weighted by Crippen LogP contribution is -1.99. The fraction of sp³-hybridized carbons (Fsp3) is 0.471. The van der Waals surface area contributed by atoms with Crippen molar-refractivity contribution in [3.8, 4) is 0 Å². The quantitative estimate of drug-likeness (QED) is 0.716. The Morgan fingerprint density at radius 1 is 0.850 bits per heavy atom. The molecule has 0 aliphatic rings. The molecule has 0 bridgehead atoms. The van der Waals surface area contributed by atoms with Gasteiger partial charge in [-0.2, -0.15) is 0 Å². The van der Waals surface area contributed by atoms with Crippen LogP contribution in [0.3, 0.4) is 0 Å². The van der Waals surface area contributed by atoms with Gasteiger partial charge in [-0.1, -0.05) is 0 Å². The van der Waals surface area contributed by atoms with Crippen LogP contribution in [-0.2, 0) is 17.6 Å². The summed E-state index contributed by atoms with van der Waals surface area (Å²) in [6.07, 6.45) is 4.69. The van der Waals surface area contributed by atoms with Crippen molar-refractivity contribution in [3.05, 3.63) is 47.3 Å². The van der Waals surface area contributed by atoms with Crippen molar-refractivity contribution in [2.75, 3.05) is 0 Å². The van der Waals surface area contributed by atoms with Crippen LogP contribution in [-0.4, -0.2) is 5.78 Å². The molecule has 2 aromatic heterocycles. The molecular formula is C17H22O3. The van der Waals surface area contributed by atoms with Gasteiger partial charge >= 0.3 is 0 Å². The number of Topliss-reactive ketones (excluding diaryl/α,β-unsaturated/α-hetero) is 1. The number of hydrogen-bond acceptors (Lipinski definition) is 3. The second-order valence-corrected chi connectivity index (χ2v) is 5.27. The van der Waals surface area contributed by atoms with E-state index in [1.54, 1.807) is 0 Å². The van der Waals surface area contributed by atoms with Gasteiger partial charge in [-0.25, -0.2) is 0 Å². The van der Waals surface area contributed by atoms with E-state index in [4.69, 9.17) is 8.83 Å². The lowest BCUT2D eigenvalue weighted by atomic mass is 10.1. The van der Waals surface area contributed by atoms with Crippen LogP contribution in [0.1, 0.15) is 48.7 Å². The van der Waals surface area contributed by atoms with Crippen molar-refractivity contribution in [1.29, 1.82) is 0 Å². The maximum absolute atomic E-state index is 11.8. The van der Waals surface area contributed by atoms with Gasteiger partial charge in [0.1, 0.15) is 28.8 Å². The molecule has 0 aromatic carbocycles. The summed E-state index contributed by atoms with van der Waals surface area (Å²) in [5, 5.41) is 0. The minimum Gasteiger partial charge on any atom is -0.466 e. The highest BCUT2D eigenvalue weighted by Gasteiger charge is 2.05. The zero-order valence-electron chi connectivity index (χ0n) is 12.3. The maximum Gasteiger partial charge on any atom is 0.132 e. The topological polar surface area (TPSA) is 43.4 Å². The average Bonchev–Trinajstić information content (AvgIpc) is 2.99. The van der Waals surface area contributed by atoms with Gasteiger partial charge in [-0.15, -0.1) is 0 Å². The molecule has 2 heterocycles. The Hall–Kier alpha value is -1.77. The second-order valence-electron chi connectivity index (χ2n) is 5.27. The molecule has 0 N–H and O–H groups in total. The van der Waals surface area contributed by atoms with E-state index in [-0.39, 0.29) is 0 Å². The molecule has 3 heteroatoms. The first kappa shape index (κ1) is 14.6. The van der Waals surface area contributed by atoms with E-state index in [0.29, 0.717) is 18.6 Å². The number of aryl methyl sites for hydroxylation is 4. The van der Waals surface area contributed by atoms with E-state index in [2.05, 4.69) is 0 Å². The zero-order valence-corrected chi connectivity index (χ0v) is 12.3. The summed E-state index contributed by atoms with van der Waals surface area (Å²) in [6.45, 7) is 3.87. The van der Waals surface area contributed by atoms with Gasteiger partial charge in [0.25, 0.3) is 0 Å². The molecule has 2 rings (SSSR count). The zero-order chi connectivity index (χ0) is 14.4. The van der Waals surface area contributed by atoms with E-state index in [1.807, 2.05) is 38.1 Å². The number of carbonyl (C=O) groups is 1. The minimum atomic E-state index is 0.330. The van der Waals surface area contributed by atoms with E-state index >= 15 is 0 Å². The molecular weight excluding hydrogens is 252 g/mol. The molecule has 0 saturated heterocycles. The number of rotatable bonds is 8. The van der Waals surface area contributed by atoms with E-state index in [9.17, 15) is 4.79 Å². The van der Waals surface area contributed by atoms with Crippen LogP contribution in [0.25, 0.3) is 0 Å². The average molecular weight is 274 g/mol. The molecule has 0 spiro atoms. The summed E-state index contributed by atoms with van der Waals surface area (Å²) in [7, 11) is 0. The van der Waals surface area contributed by atoms with Crippen molar-refractivity contribution >= 4 is 5.78 Å². The minimum absolute atomic E-state index is 0.330. The van der Waals surface area contributed by atoms with Crippen LogP contribution in [0.2, 0.25) is 0 Å². The predicted octanol–water partition coefficient (Wildman–Crippen LogP) is 4.40. The molecule has 0 atom stereocenters. The molecule has 0 fully saturated rings. The van der Waals surface area contributed by atoms with E-state index in [1.165, 1.54) is 0 Å². The Kier molecular flexibility index (Phi) is 5.22. The molecule has 0 aliphatic carbocycles. The van der Waals surface area contributed by atoms with Gasteiger partial charge in [0.05, 0.1) is 0 Å². The Balaban J connectivity index is 1.58. The normalized spacial score (nSPS) is 10.9. The lowest BCUT2D eigenvalue weighted by Gasteiger charge is -2.00. The predicted molar refractivity (Wildman–Crippen MR) is 77.8 cm³/mol. The van der Waals surface area contributed by atoms with Gasteiger partial charge in [-0.3, -0.25) is 4.79 Å². The first-order valence-electron chi connectivity index (χ1n) is 7.26. The number of ketones is 1. The van der Waals surface area contributed by atoms with Crippen molar-refractivity contribution in [2.24, 2.45) is 0 Å². The summed E-state index contributed by atoms with van der Waals surface area (Å²) in [5.74, 6) is 4.14. The second kappa shape index (κ2) is 7.13. The van der Waals surface area contributed by atoms with Gasteiger partial charge in [0.2, 0.25) is 0 Å². The van der Waals surface area contributed by atoms with Crippen molar-refractivity contribution < 1.29 is 13.6 Å². The smallest absolute Gasteiger partial charge is 0.132 e. The highest BCUT2D eigenvalue weighted by atomic mass is 16.3. The fourth-order valence-corrected chi connectivity index (χ4v) is 2.28. The van der Waals surface area contributed by atoms with Gasteiger partial charge < -0.3 is 8.83 Å². The molecule has 2 aromatic rings. The van der Waals surface area contributed by atoms with Crippen LogP contribution >= 0.6 is 0 Å². The molecule has 0 saturated carbocycles. The van der Waals surface area contributed by atoms with Crippen LogP contribution in [0.4, 0.5) is 0 Å². The van der Waals surface area contributed by atoms with Crippen LogP contribution in [0.15, 0.2) is 33.1 Å². The summed E-state index contributed by atoms with van der Waals surface area (Å²) in [6, 6.07) is 7.89. The molecule has 108 valence electrons. The molecule has 0 unspecified atom stereocenters. The highest BCUT2D eigenvalue weighted by Crippen LogP contribution is 2.13. The standard InChI is InChI=1S/C17H22O3/c1-13-9-11-16(19-13)7-3-5-15(18)6-4-8-17-12-10-14(2)20-17/h9-12H,3-8H2,1-2H3. The fourth-order valence-electron chi connectivity index (χ4n) is 2.28. The van der Waals surface area contributed by atoms with Crippen molar-refractivity contribution in [1.82, 2.24) is 0 Å². The lowest BCUT2D eigenvalue weighted by molar-refractivity contribution is -0.119. The monoisotopic (exact) mass is 274 g/mol. The Bertz CT molecular complexity index is 500. The van der Waals surface area contributed by atoms with Gasteiger partial charge in [0, 0.05) is 25.7 Å². The third-order valence-corrected chi connectivity index (χ3v) is 3.35. The largest absolute Gasteiger partial charge is 0.466 e. The number of furan rings is 2. The molecule has 20 heavy (non-hydrogen) atoms. The summed E-state index contributed by atoms with van der Waals surface area (Å²) < 4.78 is 11.0. The number of carbonyl (C=O) groups excluding carboxylic acids is 1. The number of hydrogen-bond donors (Lipinski definition) is 0. The third kappa shape index (κ3) is 4.72. The van der Waals surface area contributed by atoms with E-state index in [0.717, 1.165) is 48.7 Å². The summed E-state index contributed by atoms with van der Waals surface area (Å²) in [4.78, 5) is 11.8. The first-order valence-corrected chi connectivity index (χ1v) is 7.26. The Labute approximate surface area is 120 Å². The van der Waals surface area contributed by atoms with Gasteiger partial charge in [-0.05, 0) is 51.0 Å². The molecule has 0 aliphatic heterocycles. The van der Waals surface area contributed by atoms with E-state index < -0.39 is 0 Å². The van der Waals surface area contributed by atoms with Crippen LogP contribution < -0.4 is 0 Å². The van der Waals surface area contributed by atoms with Crippen molar-refractivity contribution in [3.63, 3.8) is 0 Å². The van der Waals surface area contributed by atoms with Crippen molar-refractivity contribution in [2.45, 2.75) is 52.4 Å². The Morgan fingerprint density at radius 2 is 1.30 bits per heavy atom. The molecule has 0 radical (unpaired) electrons.